The monoisotopic (exact) mass is 249 g/mol. The van der Waals surface area contributed by atoms with E-state index in [2.05, 4.69) is 5.32 Å². The minimum absolute atomic E-state index is 0.331. The van der Waals surface area contributed by atoms with Crippen molar-refractivity contribution in [2.24, 2.45) is 0 Å². The van der Waals surface area contributed by atoms with Crippen molar-refractivity contribution < 1.29 is 14.6 Å². The van der Waals surface area contributed by atoms with Crippen LogP contribution in [0.1, 0.15) is 32.3 Å². The van der Waals surface area contributed by atoms with Crippen molar-refractivity contribution in [2.45, 2.75) is 38.3 Å². The molecule has 2 N–H and O–H groups in total. The summed E-state index contributed by atoms with van der Waals surface area (Å²) in [6, 6.07) is 7.59. The van der Waals surface area contributed by atoms with Crippen LogP contribution in [0.3, 0.4) is 0 Å². The maximum Gasteiger partial charge on any atom is 0.328 e. The van der Waals surface area contributed by atoms with Crippen molar-refractivity contribution in [1.82, 2.24) is 5.32 Å². The van der Waals surface area contributed by atoms with E-state index in [9.17, 15) is 9.90 Å². The summed E-state index contributed by atoms with van der Waals surface area (Å²) in [4.78, 5) is 11.5. The van der Waals surface area contributed by atoms with Crippen LogP contribution in [-0.4, -0.2) is 23.7 Å². The van der Waals surface area contributed by atoms with Crippen LogP contribution in [0.15, 0.2) is 24.3 Å². The van der Waals surface area contributed by atoms with Gasteiger partial charge in [-0.2, -0.15) is 0 Å². The molecule has 0 bridgehead atoms. The Labute approximate surface area is 107 Å². The van der Waals surface area contributed by atoms with Gasteiger partial charge in [0.25, 0.3) is 0 Å². The van der Waals surface area contributed by atoms with Gasteiger partial charge < -0.3 is 9.84 Å². The zero-order valence-electron chi connectivity index (χ0n) is 10.8. The first kappa shape index (κ1) is 12.9. The second kappa shape index (κ2) is 4.98. The van der Waals surface area contributed by atoms with E-state index in [4.69, 9.17) is 4.74 Å². The Hall–Kier alpha value is -1.55. The lowest BCUT2D eigenvalue weighted by Gasteiger charge is -2.27. The van der Waals surface area contributed by atoms with Crippen molar-refractivity contribution in [1.29, 1.82) is 0 Å². The second-order valence-corrected chi connectivity index (χ2v) is 4.81. The molecule has 1 atom stereocenters. The van der Waals surface area contributed by atoms with E-state index >= 15 is 0 Å². The number of carbonyl (C=O) groups is 1. The largest absolute Gasteiger partial charge is 0.494 e. The first-order valence-corrected chi connectivity index (χ1v) is 6.30. The van der Waals surface area contributed by atoms with Gasteiger partial charge in [-0.05, 0) is 44.4 Å². The molecular weight excluding hydrogens is 230 g/mol. The Morgan fingerprint density at radius 1 is 1.44 bits per heavy atom. The summed E-state index contributed by atoms with van der Waals surface area (Å²) in [6.45, 7) is 4.24. The number of benzene rings is 1. The van der Waals surface area contributed by atoms with Crippen molar-refractivity contribution in [2.75, 3.05) is 6.61 Å². The molecule has 0 aromatic heterocycles. The number of ether oxygens (including phenoxy) is 1. The number of carboxylic acid groups (broad SMARTS) is 1. The summed E-state index contributed by atoms with van der Waals surface area (Å²) in [5.74, 6) is -0.0843. The zero-order valence-corrected chi connectivity index (χ0v) is 10.8. The maximum atomic E-state index is 11.5. The molecule has 4 nitrogen and oxygen atoms in total. The smallest absolute Gasteiger partial charge is 0.328 e. The minimum Gasteiger partial charge on any atom is -0.494 e. The lowest BCUT2D eigenvalue weighted by Crippen LogP contribution is -2.47. The average Bonchev–Trinajstić information content (AvgIpc) is 3.14. The van der Waals surface area contributed by atoms with Crippen molar-refractivity contribution in [3.8, 4) is 5.75 Å². The van der Waals surface area contributed by atoms with Crippen LogP contribution in [0.25, 0.3) is 0 Å². The average molecular weight is 249 g/mol. The van der Waals surface area contributed by atoms with E-state index in [1.54, 1.807) is 6.92 Å². The molecule has 4 heteroatoms. The molecule has 0 saturated heterocycles. The predicted octanol–water partition coefficient (Wildman–Crippen LogP) is 2.14. The standard InChI is InChI=1S/C14H19NO3/c1-3-18-12-8-4-10(5-9-12)14(2,13(16)17)15-11-6-7-11/h4-5,8-9,11,15H,3,6-7H2,1-2H3,(H,16,17). The molecule has 1 aliphatic rings. The molecule has 0 spiro atoms. The van der Waals surface area contributed by atoms with E-state index in [-0.39, 0.29) is 0 Å². The van der Waals surface area contributed by atoms with Crippen molar-refractivity contribution in [3.05, 3.63) is 29.8 Å². The van der Waals surface area contributed by atoms with Crippen LogP contribution >= 0.6 is 0 Å². The molecule has 0 radical (unpaired) electrons. The van der Waals surface area contributed by atoms with Crippen LogP contribution in [-0.2, 0) is 10.3 Å². The molecule has 1 unspecified atom stereocenters. The van der Waals surface area contributed by atoms with E-state index in [0.717, 1.165) is 24.2 Å². The Bertz CT molecular complexity index is 425. The Morgan fingerprint density at radius 3 is 2.50 bits per heavy atom. The van der Waals surface area contributed by atoms with Gasteiger partial charge >= 0.3 is 5.97 Å². The van der Waals surface area contributed by atoms with Gasteiger partial charge in [-0.15, -0.1) is 0 Å². The topological polar surface area (TPSA) is 58.6 Å². The van der Waals surface area contributed by atoms with Crippen molar-refractivity contribution in [3.63, 3.8) is 0 Å². The number of rotatable bonds is 6. The predicted molar refractivity (Wildman–Crippen MR) is 68.8 cm³/mol. The third kappa shape index (κ3) is 2.64. The Morgan fingerprint density at radius 2 is 2.06 bits per heavy atom. The molecular formula is C14H19NO3. The highest BCUT2D eigenvalue weighted by Gasteiger charge is 2.39. The van der Waals surface area contributed by atoms with Crippen LogP contribution < -0.4 is 10.1 Å². The fourth-order valence-electron chi connectivity index (χ4n) is 1.96. The lowest BCUT2D eigenvalue weighted by atomic mass is 9.92. The summed E-state index contributed by atoms with van der Waals surface area (Å²) in [6.07, 6.45) is 2.11. The van der Waals surface area contributed by atoms with E-state index < -0.39 is 11.5 Å². The number of hydrogen-bond acceptors (Lipinski definition) is 3. The van der Waals surface area contributed by atoms with Gasteiger partial charge in [0.1, 0.15) is 11.3 Å². The molecule has 0 aliphatic heterocycles. The lowest BCUT2D eigenvalue weighted by molar-refractivity contribution is -0.144. The maximum absolute atomic E-state index is 11.5. The number of carboxylic acids is 1. The van der Waals surface area contributed by atoms with Gasteiger partial charge in [-0.1, -0.05) is 12.1 Å². The van der Waals surface area contributed by atoms with E-state index in [1.165, 1.54) is 0 Å². The van der Waals surface area contributed by atoms with Gasteiger partial charge in [0, 0.05) is 6.04 Å². The third-order valence-electron chi connectivity index (χ3n) is 3.24. The summed E-state index contributed by atoms with van der Waals surface area (Å²) in [5.41, 5.74) is -0.267. The first-order valence-electron chi connectivity index (χ1n) is 6.30. The molecule has 0 heterocycles. The molecule has 0 amide bonds. The van der Waals surface area contributed by atoms with Crippen molar-refractivity contribution >= 4 is 5.97 Å². The fraction of sp³-hybridized carbons (Fsp3) is 0.500. The summed E-state index contributed by atoms with van der Waals surface area (Å²) in [7, 11) is 0. The molecule has 18 heavy (non-hydrogen) atoms. The van der Waals surface area contributed by atoms with Crippen LogP contribution in [0.5, 0.6) is 5.75 Å². The molecule has 1 aromatic rings. The highest BCUT2D eigenvalue weighted by molar-refractivity contribution is 5.80. The summed E-state index contributed by atoms with van der Waals surface area (Å²) >= 11 is 0. The SMILES string of the molecule is CCOc1ccc(C(C)(NC2CC2)C(=O)O)cc1. The Kier molecular flexibility index (Phi) is 3.57. The second-order valence-electron chi connectivity index (χ2n) is 4.81. The Balaban J connectivity index is 2.21. The van der Waals surface area contributed by atoms with Gasteiger partial charge in [0.2, 0.25) is 0 Å². The van der Waals surface area contributed by atoms with Crippen LogP contribution in [0, 0.1) is 0 Å². The van der Waals surface area contributed by atoms with E-state index in [1.807, 2.05) is 31.2 Å². The highest BCUT2D eigenvalue weighted by Crippen LogP contribution is 2.29. The van der Waals surface area contributed by atoms with Gasteiger partial charge in [-0.25, -0.2) is 4.79 Å². The van der Waals surface area contributed by atoms with Crippen LogP contribution in [0.2, 0.25) is 0 Å². The minimum atomic E-state index is -1.02. The van der Waals surface area contributed by atoms with Gasteiger partial charge in [0.15, 0.2) is 0 Å². The molecule has 1 fully saturated rings. The molecule has 1 saturated carbocycles. The highest BCUT2D eigenvalue weighted by atomic mass is 16.5. The number of aliphatic carboxylic acids is 1. The van der Waals surface area contributed by atoms with Gasteiger partial charge in [-0.3, -0.25) is 5.32 Å². The third-order valence-corrected chi connectivity index (χ3v) is 3.24. The fourth-order valence-corrected chi connectivity index (χ4v) is 1.96. The quantitative estimate of drug-likeness (QED) is 0.811. The zero-order chi connectivity index (χ0) is 13.2. The van der Waals surface area contributed by atoms with Gasteiger partial charge in [0.05, 0.1) is 6.61 Å². The number of nitrogens with one attached hydrogen (secondary N) is 1. The van der Waals surface area contributed by atoms with E-state index in [0.29, 0.717) is 12.6 Å². The molecule has 1 aromatic carbocycles. The van der Waals surface area contributed by atoms with Crippen LogP contribution in [0.4, 0.5) is 0 Å². The summed E-state index contributed by atoms with van der Waals surface area (Å²) in [5, 5.41) is 12.6. The molecule has 2 rings (SSSR count). The molecule has 1 aliphatic carbocycles. The normalized spacial score (nSPS) is 18.1. The first-order chi connectivity index (χ1) is 8.56. The summed E-state index contributed by atoms with van der Waals surface area (Å²) < 4.78 is 5.36. The number of hydrogen-bond donors (Lipinski definition) is 2. The molecule has 98 valence electrons.